The van der Waals surface area contributed by atoms with E-state index >= 15 is 0 Å². The van der Waals surface area contributed by atoms with Crippen molar-refractivity contribution in [2.24, 2.45) is 0 Å². The van der Waals surface area contributed by atoms with Crippen LogP contribution in [0.4, 0.5) is 0 Å². The van der Waals surface area contributed by atoms with E-state index in [0.29, 0.717) is 22.8 Å². The van der Waals surface area contributed by atoms with Crippen LogP contribution < -0.4 is 5.32 Å². The molecule has 0 bridgehead atoms. The topological polar surface area (TPSA) is 52.9 Å². The van der Waals surface area contributed by atoms with Crippen LogP contribution in [0.3, 0.4) is 0 Å². The summed E-state index contributed by atoms with van der Waals surface area (Å²) < 4.78 is 0. The molecule has 1 heterocycles. The average molecular weight is 370 g/mol. The first-order valence-electron chi connectivity index (χ1n) is 8.85. The summed E-state index contributed by atoms with van der Waals surface area (Å²) in [5.74, 6) is 0.458. The molecule has 1 atom stereocenters. The molecule has 4 rings (SSSR count). The molecule has 0 aromatic heterocycles. The number of fused-ring (bicyclic) bond motifs is 1. The quantitative estimate of drug-likeness (QED) is 0.694. The van der Waals surface area contributed by atoms with Gasteiger partial charge in [0.15, 0.2) is 0 Å². The van der Waals surface area contributed by atoms with E-state index in [-0.39, 0.29) is 11.8 Å². The van der Waals surface area contributed by atoms with Crippen molar-refractivity contribution in [1.29, 1.82) is 5.26 Å². The molecular formula is C23H18N2OS. The number of nitrogens with one attached hydrogen (secondary N) is 1. The maximum atomic E-state index is 12.4. The number of benzene rings is 3. The van der Waals surface area contributed by atoms with Gasteiger partial charge in [0.1, 0.15) is 0 Å². The Bertz CT molecular complexity index is 1060. The van der Waals surface area contributed by atoms with Crippen LogP contribution in [-0.4, -0.2) is 5.91 Å². The Morgan fingerprint density at radius 3 is 2.56 bits per heavy atom. The van der Waals surface area contributed by atoms with Crippen LogP contribution in [0.2, 0.25) is 0 Å². The number of nitrogens with zero attached hydrogens (tertiary/aromatic N) is 1. The van der Waals surface area contributed by atoms with Crippen LogP contribution in [0.25, 0.3) is 10.8 Å². The lowest BCUT2D eigenvalue weighted by Gasteiger charge is -2.26. The first-order chi connectivity index (χ1) is 13.3. The van der Waals surface area contributed by atoms with Crippen molar-refractivity contribution in [3.63, 3.8) is 0 Å². The van der Waals surface area contributed by atoms with Crippen molar-refractivity contribution in [1.82, 2.24) is 5.32 Å². The van der Waals surface area contributed by atoms with Gasteiger partial charge in [-0.2, -0.15) is 5.26 Å². The van der Waals surface area contributed by atoms with E-state index in [1.807, 2.05) is 54.6 Å². The Labute approximate surface area is 162 Å². The molecule has 1 N–H and O–H groups in total. The number of carbonyl (C=O) groups is 1. The highest BCUT2D eigenvalue weighted by molar-refractivity contribution is 8.02. The van der Waals surface area contributed by atoms with Crippen molar-refractivity contribution in [2.45, 2.75) is 18.1 Å². The van der Waals surface area contributed by atoms with Crippen LogP contribution in [0.5, 0.6) is 0 Å². The Kier molecular flexibility index (Phi) is 4.95. The van der Waals surface area contributed by atoms with Gasteiger partial charge in [-0.3, -0.25) is 4.79 Å². The maximum Gasteiger partial charge on any atom is 0.225 e. The van der Waals surface area contributed by atoms with Gasteiger partial charge in [0, 0.05) is 18.1 Å². The number of hydrogen-bond acceptors (Lipinski definition) is 3. The largest absolute Gasteiger partial charge is 0.320 e. The Hall–Kier alpha value is -3.03. The van der Waals surface area contributed by atoms with Gasteiger partial charge in [-0.15, -0.1) is 11.8 Å². The lowest BCUT2D eigenvalue weighted by atomic mass is 9.84. The average Bonchev–Trinajstić information content (AvgIpc) is 2.72. The molecule has 132 valence electrons. The van der Waals surface area contributed by atoms with Crippen molar-refractivity contribution in [2.75, 3.05) is 0 Å². The summed E-state index contributed by atoms with van der Waals surface area (Å²) in [6.07, 6.45) is 0.298. The minimum atomic E-state index is -0.215. The minimum absolute atomic E-state index is 0.0394. The summed E-state index contributed by atoms with van der Waals surface area (Å²) in [6, 6.07) is 26.6. The van der Waals surface area contributed by atoms with Gasteiger partial charge in [-0.25, -0.2) is 0 Å². The summed E-state index contributed by atoms with van der Waals surface area (Å²) in [6.45, 7) is 0. The van der Waals surface area contributed by atoms with Gasteiger partial charge < -0.3 is 5.32 Å². The van der Waals surface area contributed by atoms with E-state index in [0.717, 1.165) is 21.9 Å². The van der Waals surface area contributed by atoms with Gasteiger partial charge in [0.05, 0.1) is 16.7 Å². The van der Waals surface area contributed by atoms with E-state index in [1.54, 1.807) is 0 Å². The SMILES string of the molecule is N#CC1=C(SCc2ccccc2)NC(=O)CC1c1cccc2ccccc12. The summed E-state index contributed by atoms with van der Waals surface area (Å²) in [7, 11) is 0. The molecule has 27 heavy (non-hydrogen) atoms. The number of nitriles is 1. The molecule has 3 aromatic rings. The fraction of sp³-hybridized carbons (Fsp3) is 0.130. The molecule has 1 aliphatic heterocycles. The number of hydrogen-bond donors (Lipinski definition) is 1. The normalized spacial score (nSPS) is 16.9. The molecule has 0 saturated carbocycles. The van der Waals surface area contributed by atoms with Crippen LogP contribution in [0.1, 0.15) is 23.5 Å². The van der Waals surface area contributed by atoms with Crippen molar-refractivity contribution >= 4 is 28.4 Å². The molecule has 1 amide bonds. The molecule has 0 radical (unpaired) electrons. The predicted molar refractivity (Wildman–Crippen MR) is 110 cm³/mol. The lowest BCUT2D eigenvalue weighted by molar-refractivity contribution is -0.120. The van der Waals surface area contributed by atoms with Crippen LogP contribution >= 0.6 is 11.8 Å². The molecule has 4 heteroatoms. The Morgan fingerprint density at radius 2 is 1.74 bits per heavy atom. The van der Waals surface area contributed by atoms with Crippen molar-refractivity contribution in [3.05, 3.63) is 94.5 Å². The molecule has 0 fully saturated rings. The van der Waals surface area contributed by atoms with Crippen LogP contribution in [0.15, 0.2) is 83.4 Å². The summed E-state index contributed by atoms with van der Waals surface area (Å²) in [4.78, 5) is 12.4. The molecule has 1 aliphatic rings. The van der Waals surface area contributed by atoms with Gasteiger partial charge in [0.25, 0.3) is 0 Å². The van der Waals surface area contributed by atoms with Gasteiger partial charge in [0.2, 0.25) is 5.91 Å². The highest BCUT2D eigenvalue weighted by Crippen LogP contribution is 2.39. The second-order valence-corrected chi connectivity index (χ2v) is 7.49. The Balaban J connectivity index is 1.73. The first kappa shape index (κ1) is 17.4. The zero-order valence-corrected chi connectivity index (χ0v) is 15.5. The van der Waals surface area contributed by atoms with E-state index in [9.17, 15) is 10.1 Å². The van der Waals surface area contributed by atoms with Crippen molar-refractivity contribution < 1.29 is 4.79 Å². The third-order valence-electron chi connectivity index (χ3n) is 4.78. The third-order valence-corrected chi connectivity index (χ3v) is 5.87. The number of rotatable bonds is 4. The first-order valence-corrected chi connectivity index (χ1v) is 9.83. The maximum absolute atomic E-state index is 12.4. The summed E-state index contributed by atoms with van der Waals surface area (Å²) in [5.41, 5.74) is 2.85. The molecule has 1 unspecified atom stereocenters. The number of thioether (sulfide) groups is 1. The smallest absolute Gasteiger partial charge is 0.225 e. The van der Waals surface area contributed by atoms with E-state index in [4.69, 9.17) is 0 Å². The number of allylic oxidation sites excluding steroid dienone is 1. The zero-order chi connectivity index (χ0) is 18.6. The van der Waals surface area contributed by atoms with Crippen LogP contribution in [-0.2, 0) is 10.5 Å². The Morgan fingerprint density at radius 1 is 1.00 bits per heavy atom. The summed E-state index contributed by atoms with van der Waals surface area (Å²) in [5, 5.41) is 15.7. The monoisotopic (exact) mass is 370 g/mol. The molecule has 3 nitrogen and oxygen atoms in total. The fourth-order valence-corrected chi connectivity index (χ4v) is 4.52. The highest BCUT2D eigenvalue weighted by Gasteiger charge is 2.30. The molecule has 0 aliphatic carbocycles. The highest BCUT2D eigenvalue weighted by atomic mass is 32.2. The fourth-order valence-electron chi connectivity index (χ4n) is 3.48. The minimum Gasteiger partial charge on any atom is -0.320 e. The second kappa shape index (κ2) is 7.69. The second-order valence-electron chi connectivity index (χ2n) is 6.50. The van der Waals surface area contributed by atoms with Gasteiger partial charge in [-0.1, -0.05) is 72.8 Å². The lowest BCUT2D eigenvalue weighted by Crippen LogP contribution is -2.30. The molecule has 3 aromatic carbocycles. The zero-order valence-electron chi connectivity index (χ0n) is 14.7. The predicted octanol–water partition coefficient (Wildman–Crippen LogP) is 5.11. The summed E-state index contributed by atoms with van der Waals surface area (Å²) >= 11 is 1.52. The van der Waals surface area contributed by atoms with E-state index < -0.39 is 0 Å². The molecule has 0 saturated heterocycles. The van der Waals surface area contributed by atoms with Crippen molar-refractivity contribution in [3.8, 4) is 6.07 Å². The molecule has 0 spiro atoms. The van der Waals surface area contributed by atoms with Crippen LogP contribution in [0, 0.1) is 11.3 Å². The van der Waals surface area contributed by atoms with E-state index in [2.05, 4.69) is 29.6 Å². The van der Waals surface area contributed by atoms with Gasteiger partial charge >= 0.3 is 0 Å². The molecular weight excluding hydrogens is 352 g/mol. The van der Waals surface area contributed by atoms with E-state index in [1.165, 1.54) is 11.8 Å². The van der Waals surface area contributed by atoms with Gasteiger partial charge in [-0.05, 0) is 21.9 Å². The third kappa shape index (κ3) is 3.60. The number of carbonyl (C=O) groups excluding carboxylic acids is 1. The number of amides is 1. The standard InChI is InChI=1S/C23H18N2OS/c24-14-21-20(19-12-6-10-17-9-4-5-11-18(17)19)13-22(26)25-23(21)27-15-16-7-2-1-3-8-16/h1-12,20H,13,15H2,(H,25,26).